The summed E-state index contributed by atoms with van der Waals surface area (Å²) in [5.41, 5.74) is 2.90. The van der Waals surface area contributed by atoms with Gasteiger partial charge in [0.15, 0.2) is 0 Å². The van der Waals surface area contributed by atoms with E-state index in [0.717, 1.165) is 24.0 Å². The summed E-state index contributed by atoms with van der Waals surface area (Å²) in [5.74, 6) is -4.63. The van der Waals surface area contributed by atoms with Gasteiger partial charge < -0.3 is 29.9 Å². The highest BCUT2D eigenvalue weighted by atomic mass is 16.5. The van der Waals surface area contributed by atoms with Crippen molar-refractivity contribution in [2.24, 2.45) is 23.7 Å². The van der Waals surface area contributed by atoms with E-state index < -0.39 is 41.5 Å². The predicted octanol–water partition coefficient (Wildman–Crippen LogP) is 3.14. The van der Waals surface area contributed by atoms with Crippen molar-refractivity contribution in [3.8, 4) is 0 Å². The van der Waals surface area contributed by atoms with Gasteiger partial charge in [0, 0.05) is 61.2 Å². The Kier molecular flexibility index (Phi) is 10.3. The van der Waals surface area contributed by atoms with Crippen molar-refractivity contribution in [2.75, 3.05) is 40.4 Å². The van der Waals surface area contributed by atoms with Crippen molar-refractivity contribution < 1.29 is 38.2 Å². The maximum Gasteiger partial charge on any atom is 0.310 e. The Balaban J connectivity index is 1.03. The zero-order chi connectivity index (χ0) is 37.2. The van der Waals surface area contributed by atoms with Crippen molar-refractivity contribution in [1.29, 1.82) is 0 Å². The van der Waals surface area contributed by atoms with Crippen molar-refractivity contribution in [3.05, 3.63) is 107 Å². The standard InChI is InChI=1S/C41H44N4O8/c1-52-40(50)28-17-29(41(51)53-2)21-44(20-28)38(48)26-13-15-27(16-14-26)39(49)45-22-32(36(46)42-34-18-30(34)24-9-5-3-6-10-24)33(23-45)37(47)43-35-19-31(35)25-11-7-4-8-12-25/h3-16,28-35H,17-23H2,1-2H3,(H,42,46)(H,43,47)/t28-,29+,30-,31-,32-,33-,34+,35+/m1/s1. The lowest BCUT2D eigenvalue weighted by molar-refractivity contribution is -0.153. The highest BCUT2D eigenvalue weighted by molar-refractivity contribution is 5.99. The van der Waals surface area contributed by atoms with Crippen LogP contribution in [0, 0.1) is 23.7 Å². The molecule has 53 heavy (non-hydrogen) atoms. The van der Waals surface area contributed by atoms with Crippen LogP contribution in [0.2, 0.25) is 0 Å². The number of nitrogens with one attached hydrogen (secondary N) is 2. The largest absolute Gasteiger partial charge is 0.469 e. The van der Waals surface area contributed by atoms with E-state index in [-0.39, 0.29) is 79.8 Å². The number of nitrogens with zero attached hydrogens (tertiary/aromatic N) is 2. The SMILES string of the molecule is COC(=O)[C@@H]1C[C@H](C(=O)OC)CN(C(=O)c2ccc(C(=O)N3C[C@@H](C(=O)N[C@H]4C[C@@H]4c4ccccc4)[C@H](C(=O)N[C@H]4C[C@@H]4c4ccccc4)C3)cc2)C1. The molecule has 2 saturated carbocycles. The van der Waals surface area contributed by atoms with Gasteiger partial charge in [0.2, 0.25) is 11.8 Å². The number of esters is 2. The van der Waals surface area contributed by atoms with Gasteiger partial charge in [-0.05, 0) is 54.7 Å². The molecule has 2 aliphatic carbocycles. The molecular weight excluding hydrogens is 676 g/mol. The molecule has 2 heterocycles. The molecule has 2 saturated heterocycles. The number of amides is 4. The van der Waals surface area contributed by atoms with Crippen LogP contribution in [0.1, 0.15) is 62.9 Å². The van der Waals surface area contributed by atoms with Crippen molar-refractivity contribution in [1.82, 2.24) is 20.4 Å². The molecule has 0 unspecified atom stereocenters. The smallest absolute Gasteiger partial charge is 0.310 e. The summed E-state index contributed by atoms with van der Waals surface area (Å²) < 4.78 is 9.78. The lowest BCUT2D eigenvalue weighted by atomic mass is 9.88. The van der Waals surface area contributed by atoms with Crippen molar-refractivity contribution in [2.45, 2.75) is 43.2 Å². The third-order valence-electron chi connectivity index (χ3n) is 11.2. The van der Waals surface area contributed by atoms with E-state index in [2.05, 4.69) is 10.6 Å². The number of carbonyl (C=O) groups excluding carboxylic acids is 6. The Morgan fingerprint density at radius 3 is 1.28 bits per heavy atom. The number of ether oxygens (including phenoxy) is 2. The van der Waals surface area contributed by atoms with Crippen LogP contribution in [-0.4, -0.2) is 97.8 Å². The van der Waals surface area contributed by atoms with Crippen LogP contribution >= 0.6 is 0 Å². The number of benzene rings is 3. The molecule has 4 fully saturated rings. The van der Waals surface area contributed by atoms with Crippen molar-refractivity contribution in [3.63, 3.8) is 0 Å². The second-order valence-corrected chi connectivity index (χ2v) is 14.6. The van der Waals surface area contributed by atoms with Crippen LogP contribution < -0.4 is 10.6 Å². The topological polar surface area (TPSA) is 151 Å². The summed E-state index contributed by atoms with van der Waals surface area (Å²) in [5, 5.41) is 6.31. The average Bonchev–Trinajstić information content (AvgIpc) is 4.11. The number of methoxy groups -OCH3 is 2. The third kappa shape index (κ3) is 7.81. The van der Waals surface area contributed by atoms with E-state index in [0.29, 0.717) is 5.56 Å². The molecule has 4 aliphatic rings. The molecule has 3 aromatic carbocycles. The maximum atomic E-state index is 13.9. The normalized spacial score (nSPS) is 27.3. The first-order valence-electron chi connectivity index (χ1n) is 18.2. The molecular formula is C41H44N4O8. The van der Waals surface area contributed by atoms with Crippen LogP contribution in [0.15, 0.2) is 84.9 Å². The second kappa shape index (κ2) is 15.2. The Morgan fingerprint density at radius 1 is 0.528 bits per heavy atom. The molecule has 0 spiro atoms. The molecule has 276 valence electrons. The summed E-state index contributed by atoms with van der Waals surface area (Å²) in [6.07, 6.45) is 1.85. The van der Waals surface area contributed by atoms with Gasteiger partial charge in [0.1, 0.15) is 0 Å². The number of likely N-dealkylation sites (tertiary alicyclic amines) is 2. The first kappa shape index (κ1) is 35.9. The molecule has 2 aliphatic heterocycles. The molecule has 12 heteroatoms. The van der Waals surface area contributed by atoms with E-state index >= 15 is 0 Å². The van der Waals surface area contributed by atoms with E-state index in [4.69, 9.17) is 9.47 Å². The number of hydrogen-bond acceptors (Lipinski definition) is 8. The molecule has 4 amide bonds. The lowest BCUT2D eigenvalue weighted by Crippen LogP contribution is -2.48. The minimum Gasteiger partial charge on any atom is -0.469 e. The summed E-state index contributed by atoms with van der Waals surface area (Å²) in [7, 11) is 2.52. The zero-order valence-electron chi connectivity index (χ0n) is 29.8. The van der Waals surface area contributed by atoms with Gasteiger partial charge in [-0.2, -0.15) is 0 Å². The van der Waals surface area contributed by atoms with Crippen LogP contribution in [-0.2, 0) is 28.7 Å². The monoisotopic (exact) mass is 720 g/mol. The second-order valence-electron chi connectivity index (χ2n) is 14.6. The minimum absolute atomic E-state index is 0.0277. The molecule has 0 radical (unpaired) electrons. The molecule has 2 N–H and O–H groups in total. The van der Waals surface area contributed by atoms with E-state index in [1.807, 2.05) is 60.7 Å². The summed E-state index contributed by atoms with van der Waals surface area (Å²) in [6, 6.07) is 26.1. The molecule has 0 aromatic heterocycles. The zero-order valence-corrected chi connectivity index (χ0v) is 29.8. The summed E-state index contributed by atoms with van der Waals surface area (Å²) in [6.45, 7) is 0.327. The molecule has 0 bridgehead atoms. The number of piperidine rings is 1. The Morgan fingerprint density at radius 2 is 0.906 bits per heavy atom. The maximum absolute atomic E-state index is 13.9. The lowest BCUT2D eigenvalue weighted by Gasteiger charge is -2.35. The summed E-state index contributed by atoms with van der Waals surface area (Å²) in [4.78, 5) is 82.7. The Hall–Kier alpha value is -5.52. The van der Waals surface area contributed by atoms with Gasteiger partial charge in [0.05, 0.1) is 37.9 Å². The fourth-order valence-corrected chi connectivity index (χ4v) is 7.99. The number of hydrogen-bond donors (Lipinski definition) is 2. The first-order valence-corrected chi connectivity index (χ1v) is 18.2. The van der Waals surface area contributed by atoms with Gasteiger partial charge in [-0.15, -0.1) is 0 Å². The van der Waals surface area contributed by atoms with Gasteiger partial charge >= 0.3 is 11.9 Å². The van der Waals surface area contributed by atoms with Crippen molar-refractivity contribution >= 4 is 35.6 Å². The predicted molar refractivity (Wildman–Crippen MR) is 192 cm³/mol. The molecule has 12 nitrogen and oxygen atoms in total. The summed E-state index contributed by atoms with van der Waals surface area (Å²) >= 11 is 0. The third-order valence-corrected chi connectivity index (χ3v) is 11.2. The van der Waals surface area contributed by atoms with Crippen LogP contribution in [0.3, 0.4) is 0 Å². The number of carbonyl (C=O) groups is 6. The van der Waals surface area contributed by atoms with Crippen LogP contribution in [0.4, 0.5) is 0 Å². The van der Waals surface area contributed by atoms with Gasteiger partial charge in [-0.3, -0.25) is 28.8 Å². The van der Waals surface area contributed by atoms with E-state index in [1.54, 1.807) is 17.0 Å². The van der Waals surface area contributed by atoms with Gasteiger partial charge in [0.25, 0.3) is 11.8 Å². The first-order chi connectivity index (χ1) is 25.6. The fraction of sp³-hybridized carbons (Fsp3) is 0.415. The van der Waals surface area contributed by atoms with Crippen LogP contribution in [0.25, 0.3) is 0 Å². The molecule has 7 rings (SSSR count). The van der Waals surface area contributed by atoms with E-state index in [9.17, 15) is 28.8 Å². The Labute approximate surface area is 308 Å². The van der Waals surface area contributed by atoms with Gasteiger partial charge in [-0.1, -0.05) is 60.7 Å². The highest BCUT2D eigenvalue weighted by Gasteiger charge is 2.49. The minimum atomic E-state index is -0.727. The van der Waals surface area contributed by atoms with E-state index in [1.165, 1.54) is 31.3 Å². The van der Waals surface area contributed by atoms with Crippen LogP contribution in [0.5, 0.6) is 0 Å². The molecule has 8 atom stereocenters. The fourth-order valence-electron chi connectivity index (χ4n) is 7.99. The highest BCUT2D eigenvalue weighted by Crippen LogP contribution is 2.42. The number of rotatable bonds is 10. The molecule has 3 aromatic rings. The Bertz CT molecular complexity index is 1770. The van der Waals surface area contributed by atoms with Gasteiger partial charge in [-0.25, -0.2) is 0 Å². The average molecular weight is 721 g/mol. The quantitative estimate of drug-likeness (QED) is 0.304.